The van der Waals surface area contributed by atoms with E-state index in [2.05, 4.69) is 0 Å². The maximum Gasteiger partial charge on any atom is 0.146 e. The van der Waals surface area contributed by atoms with Crippen molar-refractivity contribution in [2.45, 2.75) is 30.5 Å². The molecule has 0 saturated heterocycles. The van der Waals surface area contributed by atoms with Gasteiger partial charge in [0.2, 0.25) is 0 Å². The molecule has 1 aromatic carbocycles. The van der Waals surface area contributed by atoms with Crippen LogP contribution in [0.5, 0.6) is 0 Å². The van der Waals surface area contributed by atoms with E-state index in [-0.39, 0.29) is 10.8 Å². The van der Waals surface area contributed by atoms with Crippen LogP contribution in [-0.2, 0) is 5.75 Å². The molecule has 0 amide bonds. The summed E-state index contributed by atoms with van der Waals surface area (Å²) in [5, 5.41) is 10.4. The largest absolute Gasteiger partial charge is 0.388 e. The highest BCUT2D eigenvalue weighted by Gasteiger charge is 2.24. The Hall–Kier alpha value is -0.250. The molecule has 0 fully saturated rings. The lowest BCUT2D eigenvalue weighted by Gasteiger charge is -2.13. The number of thioether (sulfide) groups is 1. The fourth-order valence-electron chi connectivity index (χ4n) is 1.80. The molecule has 1 N–H and O–H groups in total. The van der Waals surface area contributed by atoms with Crippen LogP contribution in [0.1, 0.15) is 30.6 Å². The maximum absolute atomic E-state index is 13.7. The minimum atomic E-state index is -0.572. The first-order valence-electron chi connectivity index (χ1n) is 4.86. The van der Waals surface area contributed by atoms with Crippen LogP contribution < -0.4 is 0 Å². The summed E-state index contributed by atoms with van der Waals surface area (Å²) in [5.41, 5.74) is 1.25. The molecule has 1 aliphatic heterocycles. The summed E-state index contributed by atoms with van der Waals surface area (Å²) in [6.07, 6.45) is 0.0930. The van der Waals surface area contributed by atoms with Gasteiger partial charge in [0, 0.05) is 16.6 Å². The zero-order valence-electron chi connectivity index (χ0n) is 8.34. The molecular formula is C11H12ClFOS. The van der Waals surface area contributed by atoms with Crippen molar-refractivity contribution in [3.05, 3.63) is 34.1 Å². The number of halogens is 2. The van der Waals surface area contributed by atoms with Crippen LogP contribution in [0.15, 0.2) is 12.1 Å². The van der Waals surface area contributed by atoms with Gasteiger partial charge in [-0.1, -0.05) is 24.6 Å². The van der Waals surface area contributed by atoms with E-state index in [4.69, 9.17) is 11.6 Å². The van der Waals surface area contributed by atoms with E-state index in [1.165, 1.54) is 6.07 Å². The first-order chi connectivity index (χ1) is 7.09. The predicted octanol–water partition coefficient (Wildman–Crippen LogP) is 3.54. The van der Waals surface area contributed by atoms with Crippen molar-refractivity contribution in [3.63, 3.8) is 0 Å². The molecule has 2 unspecified atom stereocenters. The highest BCUT2D eigenvalue weighted by Crippen LogP contribution is 2.37. The second-order valence-corrected chi connectivity index (χ2v) is 5.64. The van der Waals surface area contributed by atoms with Gasteiger partial charge in [-0.3, -0.25) is 0 Å². The van der Waals surface area contributed by atoms with Crippen LogP contribution in [0, 0.1) is 5.82 Å². The van der Waals surface area contributed by atoms with E-state index in [9.17, 15) is 9.50 Å². The fourth-order valence-corrected chi connectivity index (χ4v) is 3.04. The SMILES string of the molecule is CC1CC(O)c2ccc(Cl)c(F)c2CS1. The van der Waals surface area contributed by atoms with Gasteiger partial charge >= 0.3 is 0 Å². The van der Waals surface area contributed by atoms with Crippen molar-refractivity contribution >= 4 is 23.4 Å². The van der Waals surface area contributed by atoms with Crippen molar-refractivity contribution in [1.82, 2.24) is 0 Å². The second-order valence-electron chi connectivity index (χ2n) is 3.80. The summed E-state index contributed by atoms with van der Waals surface area (Å²) < 4.78 is 13.7. The molecule has 82 valence electrons. The zero-order valence-corrected chi connectivity index (χ0v) is 9.91. The topological polar surface area (TPSA) is 20.2 Å². The minimum Gasteiger partial charge on any atom is -0.388 e. The van der Waals surface area contributed by atoms with Gasteiger partial charge in [-0.15, -0.1) is 0 Å². The van der Waals surface area contributed by atoms with E-state index in [0.717, 1.165) is 0 Å². The Morgan fingerprint density at radius 1 is 1.53 bits per heavy atom. The lowest BCUT2D eigenvalue weighted by atomic mass is 10.00. The molecule has 4 heteroatoms. The van der Waals surface area contributed by atoms with Crippen LogP contribution in [0.3, 0.4) is 0 Å². The summed E-state index contributed by atoms with van der Waals surface area (Å²) in [7, 11) is 0. The molecule has 15 heavy (non-hydrogen) atoms. The first-order valence-corrected chi connectivity index (χ1v) is 6.28. The molecular weight excluding hydrogens is 235 g/mol. The normalized spacial score (nSPS) is 25.9. The van der Waals surface area contributed by atoms with E-state index in [1.807, 2.05) is 6.92 Å². The Bertz CT molecular complexity index is 383. The fraction of sp³-hybridized carbons (Fsp3) is 0.455. The highest BCUT2D eigenvalue weighted by molar-refractivity contribution is 7.99. The van der Waals surface area contributed by atoms with Gasteiger partial charge in [0.25, 0.3) is 0 Å². The number of hydrogen-bond donors (Lipinski definition) is 1. The number of aliphatic hydroxyl groups excluding tert-OH is 1. The molecule has 1 nitrogen and oxygen atoms in total. The van der Waals surface area contributed by atoms with Gasteiger partial charge in [0.05, 0.1) is 11.1 Å². The van der Waals surface area contributed by atoms with Crippen LogP contribution in [0.4, 0.5) is 4.39 Å². The Morgan fingerprint density at radius 3 is 3.00 bits per heavy atom. The molecule has 2 rings (SSSR count). The van der Waals surface area contributed by atoms with Gasteiger partial charge in [0.1, 0.15) is 5.82 Å². The number of aliphatic hydroxyl groups is 1. The van der Waals surface area contributed by atoms with E-state index >= 15 is 0 Å². The van der Waals surface area contributed by atoms with Crippen molar-refractivity contribution in [2.75, 3.05) is 0 Å². The summed E-state index contributed by atoms with van der Waals surface area (Å²) in [6.45, 7) is 2.04. The van der Waals surface area contributed by atoms with Crippen LogP contribution >= 0.6 is 23.4 Å². The molecule has 0 saturated carbocycles. The van der Waals surface area contributed by atoms with E-state index in [1.54, 1.807) is 17.8 Å². The molecule has 0 radical (unpaired) electrons. The summed E-state index contributed by atoms with van der Waals surface area (Å²) >= 11 is 7.37. The number of rotatable bonds is 0. The van der Waals surface area contributed by atoms with Crippen LogP contribution in [0.2, 0.25) is 5.02 Å². The van der Waals surface area contributed by atoms with Gasteiger partial charge < -0.3 is 5.11 Å². The molecule has 2 atom stereocenters. The highest BCUT2D eigenvalue weighted by atomic mass is 35.5. The Morgan fingerprint density at radius 2 is 2.27 bits per heavy atom. The van der Waals surface area contributed by atoms with Crippen LogP contribution in [-0.4, -0.2) is 10.4 Å². The smallest absolute Gasteiger partial charge is 0.146 e. The maximum atomic E-state index is 13.7. The second kappa shape index (κ2) is 4.32. The Balaban J connectivity index is 2.48. The van der Waals surface area contributed by atoms with Gasteiger partial charge in [-0.2, -0.15) is 11.8 Å². The predicted molar refractivity (Wildman–Crippen MR) is 61.7 cm³/mol. The van der Waals surface area contributed by atoms with Gasteiger partial charge in [0.15, 0.2) is 0 Å². The van der Waals surface area contributed by atoms with E-state index < -0.39 is 6.10 Å². The van der Waals surface area contributed by atoms with Crippen molar-refractivity contribution < 1.29 is 9.50 Å². The molecule has 1 heterocycles. The number of benzene rings is 1. The standard InChI is InChI=1S/C11H12ClFOS/c1-6-4-10(14)7-2-3-9(12)11(13)8(7)5-15-6/h2-3,6,10,14H,4-5H2,1H3. The van der Waals surface area contributed by atoms with Crippen molar-refractivity contribution in [1.29, 1.82) is 0 Å². The minimum absolute atomic E-state index is 0.135. The lowest BCUT2D eigenvalue weighted by molar-refractivity contribution is 0.168. The molecule has 0 aliphatic carbocycles. The average Bonchev–Trinajstić information content (AvgIpc) is 2.32. The zero-order chi connectivity index (χ0) is 11.0. The molecule has 0 bridgehead atoms. The molecule has 1 aliphatic rings. The van der Waals surface area contributed by atoms with Gasteiger partial charge in [-0.05, 0) is 18.1 Å². The number of hydrogen-bond acceptors (Lipinski definition) is 2. The number of fused-ring (bicyclic) bond motifs is 1. The lowest BCUT2D eigenvalue weighted by Crippen LogP contribution is -2.04. The monoisotopic (exact) mass is 246 g/mol. The van der Waals surface area contributed by atoms with Crippen LogP contribution in [0.25, 0.3) is 0 Å². The summed E-state index contributed by atoms with van der Waals surface area (Å²) in [5.74, 6) is 0.203. The Kier molecular flexibility index (Phi) is 3.24. The van der Waals surface area contributed by atoms with Crippen molar-refractivity contribution in [3.8, 4) is 0 Å². The summed E-state index contributed by atoms with van der Waals surface area (Å²) in [4.78, 5) is 0. The summed E-state index contributed by atoms with van der Waals surface area (Å²) in [6, 6.07) is 3.24. The first kappa shape index (κ1) is 11.2. The quantitative estimate of drug-likeness (QED) is 0.756. The Labute approximate surface area is 97.6 Å². The third kappa shape index (κ3) is 2.14. The van der Waals surface area contributed by atoms with Crippen molar-refractivity contribution in [2.24, 2.45) is 0 Å². The molecule has 0 spiro atoms. The average molecular weight is 247 g/mol. The van der Waals surface area contributed by atoms with E-state index in [0.29, 0.717) is 28.6 Å². The molecule has 1 aromatic rings. The third-order valence-electron chi connectivity index (χ3n) is 2.66. The van der Waals surface area contributed by atoms with Gasteiger partial charge in [-0.25, -0.2) is 4.39 Å². The third-order valence-corrected chi connectivity index (χ3v) is 4.17. The molecule has 0 aromatic heterocycles.